The molecular weight excluding hydrogens is 411 g/mol. The highest BCUT2D eigenvalue weighted by molar-refractivity contribution is 5.78. The molecule has 0 unspecified atom stereocenters. The van der Waals surface area contributed by atoms with E-state index >= 15 is 0 Å². The Morgan fingerprint density at radius 3 is 2.31 bits per heavy atom. The Labute approximate surface area is 187 Å². The maximum absolute atomic E-state index is 13.9. The summed E-state index contributed by atoms with van der Waals surface area (Å²) in [5, 5.41) is 4.93. The number of benzene rings is 2. The van der Waals surface area contributed by atoms with Crippen molar-refractivity contribution >= 4 is 11.5 Å². The molecule has 1 aliphatic rings. The van der Waals surface area contributed by atoms with Crippen LogP contribution in [0.5, 0.6) is 0 Å². The lowest BCUT2D eigenvalue weighted by molar-refractivity contribution is -0.137. The first kappa shape index (κ1) is 22.4. The van der Waals surface area contributed by atoms with Gasteiger partial charge in [0.1, 0.15) is 0 Å². The summed E-state index contributed by atoms with van der Waals surface area (Å²) >= 11 is 0. The lowest BCUT2D eigenvalue weighted by Crippen LogP contribution is -2.26. The van der Waals surface area contributed by atoms with Gasteiger partial charge in [-0.3, -0.25) is 4.68 Å². The Hall–Kier alpha value is -2.76. The number of nitrogens with zero attached hydrogens (tertiary/aromatic N) is 3. The second-order valence-corrected chi connectivity index (χ2v) is 9.27. The molecular formula is C26H30F3N3. The largest absolute Gasteiger partial charge is 0.417 e. The number of hydrogen-bond donors (Lipinski definition) is 0. The minimum absolute atomic E-state index is 0.216. The zero-order chi connectivity index (χ0) is 23.2. The van der Waals surface area contributed by atoms with Crippen LogP contribution in [-0.2, 0) is 19.1 Å². The van der Waals surface area contributed by atoms with Crippen molar-refractivity contribution in [2.75, 3.05) is 11.4 Å². The second kappa shape index (κ2) is 8.30. The van der Waals surface area contributed by atoms with E-state index in [1.165, 1.54) is 17.7 Å². The lowest BCUT2D eigenvalue weighted by Gasteiger charge is -2.31. The summed E-state index contributed by atoms with van der Waals surface area (Å²) in [6.07, 6.45) is -2.83. The molecule has 2 aromatic carbocycles. The summed E-state index contributed by atoms with van der Waals surface area (Å²) in [6, 6.07) is 10.2. The van der Waals surface area contributed by atoms with E-state index in [0.717, 1.165) is 47.6 Å². The molecule has 0 atom stereocenters. The normalized spacial score (nSPS) is 14.2. The topological polar surface area (TPSA) is 21.1 Å². The summed E-state index contributed by atoms with van der Waals surface area (Å²) in [5.74, 6) is 1.04. The first-order chi connectivity index (χ1) is 15.1. The minimum atomic E-state index is -4.42. The highest BCUT2D eigenvalue weighted by Crippen LogP contribution is 2.44. The fraction of sp³-hybridized carbons (Fsp3) is 0.423. The number of alkyl halides is 3. The molecule has 0 spiro atoms. The highest BCUT2D eigenvalue weighted by atomic mass is 19.4. The van der Waals surface area contributed by atoms with Crippen LogP contribution >= 0.6 is 0 Å². The molecule has 1 aromatic heterocycles. The van der Waals surface area contributed by atoms with Crippen LogP contribution in [0.25, 0.3) is 11.3 Å². The number of aryl methyl sites for hydroxylation is 3. The van der Waals surface area contributed by atoms with Crippen LogP contribution in [0.1, 0.15) is 48.1 Å². The van der Waals surface area contributed by atoms with Crippen LogP contribution < -0.4 is 4.90 Å². The van der Waals surface area contributed by atoms with Crippen molar-refractivity contribution in [3.05, 3.63) is 64.2 Å². The molecule has 4 rings (SSSR count). The molecule has 32 heavy (non-hydrogen) atoms. The van der Waals surface area contributed by atoms with Gasteiger partial charge in [-0.1, -0.05) is 49.7 Å². The van der Waals surface area contributed by atoms with Gasteiger partial charge in [-0.2, -0.15) is 18.3 Å². The molecule has 170 valence electrons. The molecule has 0 N–H and O–H groups in total. The van der Waals surface area contributed by atoms with Crippen LogP contribution in [0, 0.1) is 26.7 Å². The van der Waals surface area contributed by atoms with Gasteiger partial charge in [-0.25, -0.2) is 0 Å². The molecule has 0 bridgehead atoms. The predicted octanol–water partition coefficient (Wildman–Crippen LogP) is 7.23. The molecule has 6 heteroatoms. The van der Waals surface area contributed by atoms with Crippen molar-refractivity contribution in [2.45, 2.75) is 60.2 Å². The maximum atomic E-state index is 13.9. The summed E-state index contributed by atoms with van der Waals surface area (Å²) in [4.78, 5) is 2.21. The molecule has 0 saturated carbocycles. The van der Waals surface area contributed by atoms with Crippen LogP contribution in [-0.4, -0.2) is 16.3 Å². The molecule has 3 nitrogen and oxygen atoms in total. The Morgan fingerprint density at radius 1 is 1.03 bits per heavy atom. The Bertz CT molecular complexity index is 1120. The summed E-state index contributed by atoms with van der Waals surface area (Å²) < 4.78 is 43.5. The van der Waals surface area contributed by atoms with E-state index in [0.29, 0.717) is 12.2 Å². The first-order valence-corrected chi connectivity index (χ1v) is 11.2. The standard InChI is InChI=1S/C26H30F3N3/c1-16(2)15-32-24(20-9-6-7-11-22(20)26(27,28)29)21-10-8-12-31(25(21)30-32)23-18(4)13-17(3)14-19(23)5/h6-7,9,11,13-14,16H,8,10,12,15H2,1-5H3. The van der Waals surface area contributed by atoms with Crippen molar-refractivity contribution in [3.63, 3.8) is 0 Å². The van der Waals surface area contributed by atoms with Crippen molar-refractivity contribution in [1.29, 1.82) is 0 Å². The maximum Gasteiger partial charge on any atom is 0.417 e. The quantitative estimate of drug-likeness (QED) is 0.426. The minimum Gasteiger partial charge on any atom is -0.324 e. The smallest absolute Gasteiger partial charge is 0.324 e. The van der Waals surface area contributed by atoms with Crippen LogP contribution in [0.2, 0.25) is 0 Å². The SMILES string of the molecule is Cc1cc(C)c(N2CCCc3c2nn(CC(C)C)c3-c2ccccc2C(F)(F)F)c(C)c1. The van der Waals surface area contributed by atoms with E-state index in [2.05, 4.69) is 51.7 Å². The fourth-order valence-corrected chi connectivity index (χ4v) is 4.99. The van der Waals surface area contributed by atoms with Crippen molar-refractivity contribution in [3.8, 4) is 11.3 Å². The molecule has 0 radical (unpaired) electrons. The molecule has 3 aromatic rings. The first-order valence-electron chi connectivity index (χ1n) is 11.2. The van der Waals surface area contributed by atoms with Gasteiger partial charge < -0.3 is 4.90 Å². The molecule has 1 aliphatic heterocycles. The molecule has 2 heterocycles. The van der Waals surface area contributed by atoms with Gasteiger partial charge in [0, 0.05) is 29.9 Å². The monoisotopic (exact) mass is 441 g/mol. The third kappa shape index (κ3) is 4.03. The van der Waals surface area contributed by atoms with E-state index < -0.39 is 11.7 Å². The van der Waals surface area contributed by atoms with E-state index in [9.17, 15) is 13.2 Å². The van der Waals surface area contributed by atoms with Crippen LogP contribution in [0.4, 0.5) is 24.7 Å². The van der Waals surface area contributed by atoms with Gasteiger partial charge in [0.15, 0.2) is 5.82 Å². The third-order valence-electron chi connectivity index (χ3n) is 6.02. The number of halogens is 3. The Balaban J connectivity index is 1.96. The average molecular weight is 442 g/mol. The number of hydrogen-bond acceptors (Lipinski definition) is 2. The van der Waals surface area contributed by atoms with E-state index in [1.807, 2.05) is 0 Å². The summed E-state index contributed by atoms with van der Waals surface area (Å²) in [6.45, 7) is 11.8. The van der Waals surface area contributed by atoms with Crippen molar-refractivity contribution < 1.29 is 13.2 Å². The van der Waals surface area contributed by atoms with Gasteiger partial charge in [-0.05, 0) is 56.7 Å². The van der Waals surface area contributed by atoms with Gasteiger partial charge >= 0.3 is 6.18 Å². The van der Waals surface area contributed by atoms with E-state index in [-0.39, 0.29) is 11.5 Å². The fourth-order valence-electron chi connectivity index (χ4n) is 4.99. The zero-order valence-electron chi connectivity index (χ0n) is 19.3. The number of fused-ring (bicyclic) bond motifs is 1. The van der Waals surface area contributed by atoms with E-state index in [1.54, 1.807) is 16.8 Å². The summed E-state index contributed by atoms with van der Waals surface area (Å²) in [5.41, 5.74) is 5.76. The Morgan fingerprint density at radius 2 is 1.69 bits per heavy atom. The van der Waals surface area contributed by atoms with Gasteiger partial charge in [0.05, 0.1) is 11.3 Å². The van der Waals surface area contributed by atoms with Gasteiger partial charge in [-0.15, -0.1) is 0 Å². The second-order valence-electron chi connectivity index (χ2n) is 9.27. The average Bonchev–Trinajstić information content (AvgIpc) is 3.04. The zero-order valence-corrected chi connectivity index (χ0v) is 19.3. The number of anilines is 2. The molecule has 0 saturated heterocycles. The van der Waals surface area contributed by atoms with E-state index in [4.69, 9.17) is 5.10 Å². The highest BCUT2D eigenvalue weighted by Gasteiger charge is 2.37. The third-order valence-corrected chi connectivity index (χ3v) is 6.02. The van der Waals surface area contributed by atoms with Gasteiger partial charge in [0.25, 0.3) is 0 Å². The van der Waals surface area contributed by atoms with Crippen LogP contribution in [0.3, 0.4) is 0 Å². The number of rotatable bonds is 4. The predicted molar refractivity (Wildman–Crippen MR) is 123 cm³/mol. The Kier molecular flexibility index (Phi) is 5.82. The van der Waals surface area contributed by atoms with Crippen molar-refractivity contribution in [2.24, 2.45) is 5.92 Å². The van der Waals surface area contributed by atoms with Gasteiger partial charge in [0.2, 0.25) is 0 Å². The summed E-state index contributed by atoms with van der Waals surface area (Å²) in [7, 11) is 0. The molecule has 0 amide bonds. The number of aromatic nitrogens is 2. The van der Waals surface area contributed by atoms with Crippen LogP contribution in [0.15, 0.2) is 36.4 Å². The lowest BCUT2D eigenvalue weighted by atomic mass is 9.95. The molecule has 0 aliphatic carbocycles. The van der Waals surface area contributed by atoms with Crippen molar-refractivity contribution in [1.82, 2.24) is 9.78 Å². The molecule has 0 fully saturated rings.